The van der Waals surface area contributed by atoms with Gasteiger partial charge >= 0.3 is 0 Å². The summed E-state index contributed by atoms with van der Waals surface area (Å²) in [5.41, 5.74) is 0.572. The molecule has 0 saturated carbocycles. The van der Waals surface area contributed by atoms with Gasteiger partial charge in [0.2, 0.25) is 0 Å². The molecule has 0 N–H and O–H groups in total. The second kappa shape index (κ2) is 5.29. The summed E-state index contributed by atoms with van der Waals surface area (Å²) in [5, 5.41) is 0.0504. The van der Waals surface area contributed by atoms with Gasteiger partial charge in [0.1, 0.15) is 13.2 Å². The fraction of sp³-hybridized carbons (Fsp3) is 0.500. The zero-order chi connectivity index (χ0) is 13.2. The Hall–Kier alpha value is -1.42. The topological polar surface area (TPSA) is 38.8 Å². The highest BCUT2D eigenvalue weighted by molar-refractivity contribution is 6.21. The van der Waals surface area contributed by atoms with E-state index >= 15 is 0 Å². The van der Waals surface area contributed by atoms with Crippen molar-refractivity contribution in [3.05, 3.63) is 23.8 Å². The minimum absolute atomic E-state index is 0.0206. The number of carbonyl (C=O) groups is 1. The summed E-state index contributed by atoms with van der Waals surface area (Å²) in [5.74, 6) is 1.19. The van der Waals surface area contributed by atoms with Crippen LogP contribution in [0.4, 0.5) is 0 Å². The fourth-order valence-corrected chi connectivity index (χ4v) is 2.84. The summed E-state index contributed by atoms with van der Waals surface area (Å²) in [6, 6.07) is 5.43. The maximum atomic E-state index is 12.5. The van der Waals surface area contributed by atoms with Crippen LogP contribution in [0.25, 0.3) is 0 Å². The smallest absolute Gasteiger partial charge is 0.257 e. The van der Waals surface area contributed by atoms with Crippen LogP contribution in [0.15, 0.2) is 18.2 Å². The Kier molecular flexibility index (Phi) is 3.51. The number of rotatable bonds is 1. The van der Waals surface area contributed by atoms with Crippen molar-refractivity contribution in [1.82, 2.24) is 4.90 Å². The number of benzene rings is 1. The van der Waals surface area contributed by atoms with Crippen molar-refractivity contribution in [3.63, 3.8) is 0 Å². The molecule has 0 spiro atoms. The van der Waals surface area contributed by atoms with Crippen molar-refractivity contribution in [1.29, 1.82) is 0 Å². The molecule has 1 saturated heterocycles. The third-order valence-electron chi connectivity index (χ3n) is 3.45. The monoisotopic (exact) mass is 281 g/mol. The summed E-state index contributed by atoms with van der Waals surface area (Å²) >= 11 is 6.14. The maximum Gasteiger partial charge on any atom is 0.257 e. The number of likely N-dealkylation sites (tertiary alicyclic amines) is 1. The number of amides is 1. The molecule has 3 rings (SSSR count). The molecule has 19 heavy (non-hydrogen) atoms. The first-order chi connectivity index (χ1) is 9.25. The van der Waals surface area contributed by atoms with E-state index in [2.05, 4.69) is 0 Å². The van der Waals surface area contributed by atoms with Crippen LogP contribution in [0.3, 0.4) is 0 Å². The summed E-state index contributed by atoms with van der Waals surface area (Å²) in [7, 11) is 0. The molecule has 2 aliphatic heterocycles. The number of alkyl halides is 1. The first kappa shape index (κ1) is 12.6. The van der Waals surface area contributed by atoms with Gasteiger partial charge in [-0.3, -0.25) is 4.79 Å². The molecule has 5 heteroatoms. The number of nitrogens with zero attached hydrogens (tertiary/aromatic N) is 1. The molecular weight excluding hydrogens is 266 g/mol. The molecule has 0 aromatic heterocycles. The van der Waals surface area contributed by atoms with E-state index in [4.69, 9.17) is 21.1 Å². The molecule has 0 bridgehead atoms. The Balaban J connectivity index is 1.87. The van der Waals surface area contributed by atoms with Gasteiger partial charge in [-0.15, -0.1) is 11.6 Å². The highest BCUT2D eigenvalue weighted by Crippen LogP contribution is 2.34. The molecule has 1 amide bonds. The average Bonchev–Trinajstić information content (AvgIpc) is 2.46. The van der Waals surface area contributed by atoms with Crippen LogP contribution < -0.4 is 9.47 Å². The summed E-state index contributed by atoms with van der Waals surface area (Å²) in [4.78, 5) is 14.3. The molecule has 1 aromatic carbocycles. The van der Waals surface area contributed by atoms with Gasteiger partial charge in [0, 0.05) is 13.1 Å². The van der Waals surface area contributed by atoms with Crippen molar-refractivity contribution in [3.8, 4) is 11.5 Å². The third-order valence-corrected chi connectivity index (χ3v) is 3.80. The van der Waals surface area contributed by atoms with E-state index in [1.807, 2.05) is 12.1 Å². The number of piperidine rings is 1. The zero-order valence-corrected chi connectivity index (χ0v) is 11.4. The summed E-state index contributed by atoms with van der Waals surface area (Å²) in [6.45, 7) is 2.37. The number of hydrogen-bond acceptors (Lipinski definition) is 3. The van der Waals surface area contributed by atoms with Crippen LogP contribution >= 0.6 is 11.6 Å². The second-order valence-corrected chi connectivity index (χ2v) is 5.44. The first-order valence-corrected chi connectivity index (χ1v) is 7.01. The average molecular weight is 282 g/mol. The number of halogens is 1. The van der Waals surface area contributed by atoms with Gasteiger partial charge in [-0.2, -0.15) is 0 Å². The summed E-state index contributed by atoms with van der Waals surface area (Å²) in [6.07, 6.45) is 1.92. The number of para-hydroxylation sites is 1. The van der Waals surface area contributed by atoms with Crippen LogP contribution in [0.2, 0.25) is 0 Å². The Morgan fingerprint density at radius 2 is 2.16 bits per heavy atom. The molecule has 2 heterocycles. The van der Waals surface area contributed by atoms with Gasteiger partial charge < -0.3 is 14.4 Å². The van der Waals surface area contributed by atoms with Crippen molar-refractivity contribution in [2.45, 2.75) is 18.2 Å². The van der Waals surface area contributed by atoms with Crippen molar-refractivity contribution >= 4 is 17.5 Å². The molecule has 1 aromatic rings. The molecular formula is C14H16ClNO3. The van der Waals surface area contributed by atoms with E-state index in [0.717, 1.165) is 19.4 Å². The normalized spacial score (nSPS) is 22.2. The van der Waals surface area contributed by atoms with Crippen LogP contribution in [-0.4, -0.2) is 42.5 Å². The van der Waals surface area contributed by atoms with Crippen molar-refractivity contribution in [2.24, 2.45) is 0 Å². The van der Waals surface area contributed by atoms with Gasteiger partial charge in [0.05, 0.1) is 10.9 Å². The summed E-state index contributed by atoms with van der Waals surface area (Å²) < 4.78 is 11.1. The number of fused-ring (bicyclic) bond motifs is 1. The SMILES string of the molecule is O=C(c1cccc2c1OCCO2)N1CCCC(Cl)C1. The minimum atomic E-state index is -0.0206. The molecule has 0 radical (unpaired) electrons. The van der Waals surface area contributed by atoms with E-state index in [0.29, 0.717) is 36.8 Å². The molecule has 102 valence electrons. The van der Waals surface area contributed by atoms with Gasteiger partial charge in [-0.05, 0) is 25.0 Å². The van der Waals surface area contributed by atoms with Gasteiger partial charge in [0.15, 0.2) is 11.5 Å². The fourth-order valence-electron chi connectivity index (χ4n) is 2.52. The molecule has 2 aliphatic rings. The number of hydrogen-bond donors (Lipinski definition) is 0. The highest BCUT2D eigenvalue weighted by atomic mass is 35.5. The minimum Gasteiger partial charge on any atom is -0.486 e. The molecule has 1 fully saturated rings. The predicted octanol–water partition coefficient (Wildman–Crippen LogP) is 2.30. The lowest BCUT2D eigenvalue weighted by Crippen LogP contribution is -2.40. The number of carbonyl (C=O) groups excluding carboxylic acids is 1. The van der Waals surface area contributed by atoms with E-state index in [1.54, 1.807) is 11.0 Å². The Bertz CT molecular complexity index is 492. The van der Waals surface area contributed by atoms with Gasteiger partial charge in [-0.25, -0.2) is 0 Å². The molecule has 4 nitrogen and oxygen atoms in total. The van der Waals surface area contributed by atoms with Crippen LogP contribution in [0.5, 0.6) is 11.5 Å². The van der Waals surface area contributed by atoms with Crippen molar-refractivity contribution in [2.75, 3.05) is 26.3 Å². The lowest BCUT2D eigenvalue weighted by Gasteiger charge is -2.31. The van der Waals surface area contributed by atoms with E-state index in [9.17, 15) is 4.79 Å². The molecule has 1 unspecified atom stereocenters. The largest absolute Gasteiger partial charge is 0.486 e. The molecule has 1 atom stereocenters. The predicted molar refractivity (Wildman–Crippen MR) is 72.2 cm³/mol. The Morgan fingerprint density at radius 1 is 1.32 bits per heavy atom. The highest BCUT2D eigenvalue weighted by Gasteiger charge is 2.27. The Labute approximate surface area is 117 Å². The van der Waals surface area contributed by atoms with Crippen LogP contribution in [-0.2, 0) is 0 Å². The first-order valence-electron chi connectivity index (χ1n) is 6.57. The van der Waals surface area contributed by atoms with E-state index in [-0.39, 0.29) is 11.3 Å². The van der Waals surface area contributed by atoms with Gasteiger partial charge in [0.25, 0.3) is 5.91 Å². The quantitative estimate of drug-likeness (QED) is 0.742. The van der Waals surface area contributed by atoms with Crippen LogP contribution in [0.1, 0.15) is 23.2 Å². The second-order valence-electron chi connectivity index (χ2n) is 4.82. The zero-order valence-electron chi connectivity index (χ0n) is 10.6. The maximum absolute atomic E-state index is 12.5. The van der Waals surface area contributed by atoms with Gasteiger partial charge in [-0.1, -0.05) is 6.07 Å². The Morgan fingerprint density at radius 3 is 3.00 bits per heavy atom. The molecule has 0 aliphatic carbocycles. The van der Waals surface area contributed by atoms with E-state index in [1.165, 1.54) is 0 Å². The lowest BCUT2D eigenvalue weighted by atomic mass is 10.1. The van der Waals surface area contributed by atoms with Crippen LogP contribution in [0, 0.1) is 0 Å². The van der Waals surface area contributed by atoms with E-state index < -0.39 is 0 Å². The van der Waals surface area contributed by atoms with Crippen molar-refractivity contribution < 1.29 is 14.3 Å². The third kappa shape index (κ3) is 2.50. The number of ether oxygens (including phenoxy) is 2. The standard InChI is InChI=1S/C14H16ClNO3/c15-10-3-2-6-16(9-10)14(17)11-4-1-5-12-13(11)19-8-7-18-12/h1,4-5,10H,2-3,6-9H2. The lowest BCUT2D eigenvalue weighted by molar-refractivity contribution is 0.0716.